The third kappa shape index (κ3) is 4.18. The zero-order valence-corrected chi connectivity index (χ0v) is 13.0. The maximum Gasteiger partial charge on any atom is 0.335 e. The Hall–Kier alpha value is -2.13. The molecule has 0 aliphatic carbocycles. The van der Waals surface area contributed by atoms with Gasteiger partial charge in [0.1, 0.15) is 10.7 Å². The van der Waals surface area contributed by atoms with Crippen LogP contribution in [0.4, 0.5) is 11.8 Å². The minimum atomic E-state index is -0.947. The van der Waals surface area contributed by atoms with Crippen molar-refractivity contribution in [3.63, 3.8) is 0 Å². The zero-order chi connectivity index (χ0) is 16.1. The van der Waals surface area contributed by atoms with Gasteiger partial charge in [-0.15, -0.1) is 23.5 Å². The van der Waals surface area contributed by atoms with Gasteiger partial charge in [-0.3, -0.25) is 9.78 Å². The van der Waals surface area contributed by atoms with Crippen molar-refractivity contribution in [2.75, 3.05) is 23.0 Å². The topological polar surface area (TPSA) is 135 Å². The van der Waals surface area contributed by atoms with Crippen molar-refractivity contribution in [3.05, 3.63) is 40.2 Å². The van der Waals surface area contributed by atoms with Crippen molar-refractivity contribution in [3.8, 4) is 0 Å². The van der Waals surface area contributed by atoms with Crippen LogP contribution in [0.15, 0.2) is 38.9 Å². The van der Waals surface area contributed by atoms with Gasteiger partial charge in [-0.2, -0.15) is 4.98 Å². The normalized spacial score (nSPS) is 10.5. The Bertz CT molecular complexity index is 731. The first-order valence-corrected chi connectivity index (χ1v) is 8.18. The van der Waals surface area contributed by atoms with Gasteiger partial charge in [0.15, 0.2) is 0 Å². The first kappa shape index (κ1) is 16.2. The maximum atomic E-state index is 11.7. The summed E-state index contributed by atoms with van der Waals surface area (Å²) in [5.41, 5.74) is 11.0. The van der Waals surface area contributed by atoms with Crippen molar-refractivity contribution in [1.29, 1.82) is 0 Å². The fraction of sp³-hybridized carbons (Fsp3) is 0.154. The Morgan fingerprint density at radius 1 is 1.18 bits per heavy atom. The fourth-order valence-corrected chi connectivity index (χ4v) is 3.45. The molecule has 9 heteroatoms. The van der Waals surface area contributed by atoms with E-state index in [0.717, 1.165) is 10.6 Å². The molecule has 1 heterocycles. The summed E-state index contributed by atoms with van der Waals surface area (Å²) in [7, 11) is 0. The number of aromatic amines is 1. The Morgan fingerprint density at radius 3 is 2.41 bits per heavy atom. The van der Waals surface area contributed by atoms with E-state index < -0.39 is 5.97 Å². The van der Waals surface area contributed by atoms with E-state index in [1.54, 1.807) is 36.0 Å². The van der Waals surface area contributed by atoms with Gasteiger partial charge in [0.2, 0.25) is 5.95 Å². The number of carboxylic acid groups (broad SMARTS) is 1. The Balaban J connectivity index is 1.87. The molecule has 1 aromatic heterocycles. The summed E-state index contributed by atoms with van der Waals surface area (Å²) >= 11 is 2.87. The monoisotopic (exact) mass is 338 g/mol. The summed E-state index contributed by atoms with van der Waals surface area (Å²) in [5.74, 6) is 0.573. The third-order valence-corrected chi connectivity index (χ3v) is 4.98. The van der Waals surface area contributed by atoms with E-state index in [9.17, 15) is 9.59 Å². The van der Waals surface area contributed by atoms with Crippen LogP contribution in [0.25, 0.3) is 0 Å². The van der Waals surface area contributed by atoms with Crippen LogP contribution >= 0.6 is 23.5 Å². The lowest BCUT2D eigenvalue weighted by molar-refractivity contribution is 0.0697. The number of nitrogens with zero attached hydrogens (tertiary/aromatic N) is 1. The standard InChI is InChI=1S/C13H14N4O3S2/c14-10-9(11(18)17-13(15)16-10)22-6-5-21-8-3-1-7(2-4-8)12(19)20/h1-4H,5-6H2,(H,19,20)(H5,14,15,16,17,18). The van der Waals surface area contributed by atoms with Gasteiger partial charge in [0, 0.05) is 16.4 Å². The molecule has 0 amide bonds. The van der Waals surface area contributed by atoms with Crippen LogP contribution in [0.5, 0.6) is 0 Å². The van der Waals surface area contributed by atoms with Crippen molar-refractivity contribution in [2.24, 2.45) is 0 Å². The highest BCUT2D eigenvalue weighted by Gasteiger charge is 2.08. The average Bonchev–Trinajstić information content (AvgIpc) is 2.46. The smallest absolute Gasteiger partial charge is 0.335 e. The van der Waals surface area contributed by atoms with Gasteiger partial charge in [-0.1, -0.05) is 0 Å². The summed E-state index contributed by atoms with van der Waals surface area (Å²) < 4.78 is 0. The molecule has 0 saturated heterocycles. The zero-order valence-electron chi connectivity index (χ0n) is 11.4. The van der Waals surface area contributed by atoms with E-state index in [2.05, 4.69) is 9.97 Å². The van der Waals surface area contributed by atoms with Gasteiger partial charge >= 0.3 is 5.97 Å². The number of rotatable bonds is 6. The van der Waals surface area contributed by atoms with Gasteiger partial charge in [-0.05, 0) is 24.3 Å². The van der Waals surface area contributed by atoms with E-state index >= 15 is 0 Å². The fourth-order valence-electron chi connectivity index (χ4n) is 1.63. The first-order valence-electron chi connectivity index (χ1n) is 6.21. The van der Waals surface area contributed by atoms with E-state index in [1.165, 1.54) is 11.8 Å². The van der Waals surface area contributed by atoms with Crippen LogP contribution < -0.4 is 17.0 Å². The largest absolute Gasteiger partial charge is 0.478 e. The number of nitrogens with one attached hydrogen (secondary N) is 1. The van der Waals surface area contributed by atoms with Crippen LogP contribution in [0.1, 0.15) is 10.4 Å². The van der Waals surface area contributed by atoms with Crippen LogP contribution in [-0.2, 0) is 0 Å². The predicted molar refractivity (Wildman–Crippen MR) is 88.5 cm³/mol. The molecule has 0 radical (unpaired) electrons. The second kappa shape index (κ2) is 7.23. The summed E-state index contributed by atoms with van der Waals surface area (Å²) in [5, 5.41) is 8.82. The van der Waals surface area contributed by atoms with E-state index in [-0.39, 0.29) is 22.9 Å². The number of aromatic carboxylic acids is 1. The molecule has 116 valence electrons. The molecule has 7 nitrogen and oxygen atoms in total. The molecule has 22 heavy (non-hydrogen) atoms. The van der Waals surface area contributed by atoms with Crippen molar-refractivity contribution in [1.82, 2.24) is 9.97 Å². The highest BCUT2D eigenvalue weighted by Crippen LogP contribution is 2.24. The maximum absolute atomic E-state index is 11.7. The number of nitrogen functional groups attached to an aromatic ring is 2. The molecule has 0 aliphatic heterocycles. The van der Waals surface area contributed by atoms with Crippen molar-refractivity contribution < 1.29 is 9.90 Å². The average molecular weight is 338 g/mol. The number of nitrogens with two attached hydrogens (primary N) is 2. The molecule has 2 rings (SSSR count). The lowest BCUT2D eigenvalue weighted by atomic mass is 10.2. The van der Waals surface area contributed by atoms with Gasteiger partial charge in [0.25, 0.3) is 5.56 Å². The van der Waals surface area contributed by atoms with Crippen LogP contribution in [0.3, 0.4) is 0 Å². The van der Waals surface area contributed by atoms with Crippen LogP contribution in [-0.4, -0.2) is 32.5 Å². The van der Waals surface area contributed by atoms with E-state index in [0.29, 0.717) is 10.6 Å². The van der Waals surface area contributed by atoms with Crippen LogP contribution in [0, 0.1) is 0 Å². The molecule has 0 atom stereocenters. The quantitative estimate of drug-likeness (QED) is 0.460. The number of anilines is 2. The summed E-state index contributed by atoms with van der Waals surface area (Å²) in [6.07, 6.45) is 0. The number of aromatic nitrogens is 2. The van der Waals surface area contributed by atoms with Crippen molar-refractivity contribution in [2.45, 2.75) is 9.79 Å². The molecule has 0 fully saturated rings. The number of carboxylic acids is 1. The Kier molecular flexibility index (Phi) is 5.34. The molecule has 0 spiro atoms. The van der Waals surface area contributed by atoms with E-state index in [1.807, 2.05) is 0 Å². The number of thioether (sulfide) groups is 2. The Labute approximate surface area is 134 Å². The molecule has 0 unspecified atom stereocenters. The molecule has 1 aromatic carbocycles. The predicted octanol–water partition coefficient (Wildman–Crippen LogP) is 1.52. The number of hydrogen-bond donors (Lipinski definition) is 4. The highest BCUT2D eigenvalue weighted by atomic mass is 32.2. The minimum Gasteiger partial charge on any atom is -0.478 e. The summed E-state index contributed by atoms with van der Waals surface area (Å²) in [4.78, 5) is 30.0. The van der Waals surface area contributed by atoms with E-state index in [4.69, 9.17) is 16.6 Å². The SMILES string of the molecule is Nc1nc(N)c(SCCSc2ccc(C(=O)O)cc2)c(=O)[nH]1. The number of benzene rings is 1. The highest BCUT2D eigenvalue weighted by molar-refractivity contribution is 8.03. The second-order valence-electron chi connectivity index (χ2n) is 4.19. The van der Waals surface area contributed by atoms with Gasteiger partial charge in [0.05, 0.1) is 5.56 Å². The molecule has 0 bridgehead atoms. The minimum absolute atomic E-state index is 0.000236. The molecule has 0 saturated carbocycles. The Morgan fingerprint density at radius 2 is 1.82 bits per heavy atom. The lowest BCUT2D eigenvalue weighted by Crippen LogP contribution is -2.16. The molecule has 2 aromatic rings. The second-order valence-corrected chi connectivity index (χ2v) is 6.47. The number of hydrogen-bond acceptors (Lipinski definition) is 7. The molecule has 6 N–H and O–H groups in total. The van der Waals surface area contributed by atoms with Crippen molar-refractivity contribution >= 4 is 41.3 Å². The molecular weight excluding hydrogens is 324 g/mol. The third-order valence-electron chi connectivity index (χ3n) is 2.62. The molecular formula is C13H14N4O3S2. The number of H-pyrrole nitrogens is 1. The summed E-state index contributed by atoms with van der Waals surface area (Å²) in [6.45, 7) is 0. The first-order chi connectivity index (χ1) is 10.5. The van der Waals surface area contributed by atoms with Gasteiger partial charge < -0.3 is 16.6 Å². The lowest BCUT2D eigenvalue weighted by Gasteiger charge is -2.05. The van der Waals surface area contributed by atoms with Gasteiger partial charge in [-0.25, -0.2) is 4.79 Å². The summed E-state index contributed by atoms with van der Waals surface area (Å²) in [6, 6.07) is 6.63. The van der Waals surface area contributed by atoms with Crippen LogP contribution in [0.2, 0.25) is 0 Å². The molecule has 0 aliphatic rings. The number of carbonyl (C=O) groups is 1.